The first-order valence-electron chi connectivity index (χ1n) is 11.5. The van der Waals surface area contributed by atoms with E-state index in [-0.39, 0.29) is 6.04 Å². The molecule has 0 aliphatic carbocycles. The molecule has 0 spiro atoms. The summed E-state index contributed by atoms with van der Waals surface area (Å²) in [6.45, 7) is 1.77. The summed E-state index contributed by atoms with van der Waals surface area (Å²) in [5.41, 5.74) is 3.09. The zero-order chi connectivity index (χ0) is 23.7. The maximum atomic E-state index is 6.14. The van der Waals surface area contributed by atoms with E-state index in [1.807, 2.05) is 31.3 Å². The number of benzene rings is 2. The van der Waals surface area contributed by atoms with Crippen molar-refractivity contribution in [2.75, 3.05) is 25.5 Å². The van der Waals surface area contributed by atoms with Gasteiger partial charge in [-0.2, -0.15) is 0 Å². The zero-order valence-electron chi connectivity index (χ0n) is 19.6. The van der Waals surface area contributed by atoms with E-state index >= 15 is 0 Å². The number of aromatic nitrogens is 7. The molecule has 1 aliphatic heterocycles. The van der Waals surface area contributed by atoms with Crippen molar-refractivity contribution in [2.45, 2.75) is 31.8 Å². The normalized spacial score (nSPS) is 16.4. The molecule has 10 heteroatoms. The van der Waals surface area contributed by atoms with Gasteiger partial charge in [-0.15, -0.1) is 25.2 Å². The fourth-order valence-corrected chi connectivity index (χ4v) is 4.64. The van der Waals surface area contributed by atoms with Crippen molar-refractivity contribution in [1.29, 1.82) is 0 Å². The summed E-state index contributed by atoms with van der Waals surface area (Å²) in [4.78, 5) is 5.94. The van der Waals surface area contributed by atoms with Crippen molar-refractivity contribution in [3.63, 3.8) is 0 Å². The van der Waals surface area contributed by atoms with Gasteiger partial charge in [0.25, 0.3) is 0 Å². The Bertz CT molecular complexity index is 1260. The molecule has 1 fully saturated rings. The minimum Gasteiger partial charge on any atom is -0.330 e. The predicted octanol–water partition coefficient (Wildman–Crippen LogP) is 3.90. The van der Waals surface area contributed by atoms with Crippen LogP contribution in [0.5, 0.6) is 0 Å². The Labute approximate surface area is 204 Å². The van der Waals surface area contributed by atoms with Gasteiger partial charge < -0.3 is 9.80 Å². The van der Waals surface area contributed by atoms with E-state index in [1.54, 1.807) is 0 Å². The quantitative estimate of drug-likeness (QED) is 0.416. The fourth-order valence-electron chi connectivity index (χ4n) is 4.45. The third-order valence-electron chi connectivity index (χ3n) is 6.09. The number of hydrogen-bond acceptors (Lipinski definition) is 7. The summed E-state index contributed by atoms with van der Waals surface area (Å²) in [7, 11) is 6.15. The Hall–Kier alpha value is -3.30. The average Bonchev–Trinajstić information content (AvgIpc) is 3.47. The Morgan fingerprint density at radius 1 is 1.03 bits per heavy atom. The number of anilines is 1. The third-order valence-corrected chi connectivity index (χ3v) is 6.32. The lowest BCUT2D eigenvalue weighted by molar-refractivity contribution is 0.402. The molecule has 9 nitrogen and oxygen atoms in total. The smallest absolute Gasteiger partial charge is 0.227 e. The van der Waals surface area contributed by atoms with E-state index in [0.29, 0.717) is 10.8 Å². The Balaban J connectivity index is 1.41. The first-order chi connectivity index (χ1) is 16.5. The summed E-state index contributed by atoms with van der Waals surface area (Å²) < 4.78 is 2.06. The predicted molar refractivity (Wildman–Crippen MR) is 132 cm³/mol. The molecular weight excluding hydrogens is 450 g/mol. The van der Waals surface area contributed by atoms with E-state index in [2.05, 4.69) is 78.3 Å². The number of rotatable bonds is 6. The summed E-state index contributed by atoms with van der Waals surface area (Å²) in [6.07, 6.45) is 3.12. The van der Waals surface area contributed by atoms with Crippen LogP contribution in [0.2, 0.25) is 5.02 Å². The van der Waals surface area contributed by atoms with Gasteiger partial charge in [-0.1, -0.05) is 41.9 Å². The molecule has 2 aromatic carbocycles. The summed E-state index contributed by atoms with van der Waals surface area (Å²) >= 11 is 6.14. The van der Waals surface area contributed by atoms with Crippen LogP contribution in [-0.2, 0) is 13.6 Å². The second kappa shape index (κ2) is 9.52. The van der Waals surface area contributed by atoms with Gasteiger partial charge in [0.2, 0.25) is 5.95 Å². The maximum Gasteiger partial charge on any atom is 0.227 e. The maximum absolute atomic E-state index is 6.14. The molecule has 34 heavy (non-hydrogen) atoms. The number of halogens is 1. The molecule has 4 aromatic rings. The SMILES string of the molecule is CN(C)Cc1ccc(-c2nnc(N3CCCCC3c3nnn(-c4cccc(Cl)c4)n3)n2C)cc1. The van der Waals surface area contributed by atoms with Crippen molar-refractivity contribution in [2.24, 2.45) is 7.05 Å². The van der Waals surface area contributed by atoms with E-state index in [1.165, 1.54) is 10.4 Å². The molecule has 3 heterocycles. The van der Waals surface area contributed by atoms with Crippen molar-refractivity contribution in [3.8, 4) is 17.1 Å². The largest absolute Gasteiger partial charge is 0.330 e. The van der Waals surface area contributed by atoms with Gasteiger partial charge in [0.05, 0.1) is 11.7 Å². The second-order valence-corrected chi connectivity index (χ2v) is 9.38. The fraction of sp³-hybridized carbons (Fsp3) is 0.375. The van der Waals surface area contributed by atoms with Crippen LogP contribution in [0, 0.1) is 0 Å². The molecule has 0 amide bonds. The van der Waals surface area contributed by atoms with Gasteiger partial charge in [0.1, 0.15) is 0 Å². The Kier molecular flexibility index (Phi) is 6.30. The van der Waals surface area contributed by atoms with E-state index in [9.17, 15) is 0 Å². The van der Waals surface area contributed by atoms with Crippen molar-refractivity contribution in [1.82, 2.24) is 39.9 Å². The van der Waals surface area contributed by atoms with E-state index in [4.69, 9.17) is 11.6 Å². The topological polar surface area (TPSA) is 80.8 Å². The molecule has 2 aromatic heterocycles. The summed E-state index contributed by atoms with van der Waals surface area (Å²) in [5, 5.41) is 23.1. The highest BCUT2D eigenvalue weighted by molar-refractivity contribution is 6.30. The van der Waals surface area contributed by atoms with Crippen molar-refractivity contribution >= 4 is 17.5 Å². The molecule has 0 saturated carbocycles. The van der Waals surface area contributed by atoms with Crippen LogP contribution in [0.3, 0.4) is 0 Å². The Morgan fingerprint density at radius 2 is 1.85 bits per heavy atom. The van der Waals surface area contributed by atoms with Crippen molar-refractivity contribution in [3.05, 3.63) is 64.9 Å². The number of nitrogens with zero attached hydrogens (tertiary/aromatic N) is 9. The molecule has 1 aliphatic rings. The molecule has 1 atom stereocenters. The molecule has 1 unspecified atom stereocenters. The third kappa shape index (κ3) is 4.53. The monoisotopic (exact) mass is 477 g/mol. The number of tetrazole rings is 1. The molecule has 0 N–H and O–H groups in total. The van der Waals surface area contributed by atoms with Gasteiger partial charge in [-0.25, -0.2) is 0 Å². The lowest BCUT2D eigenvalue weighted by atomic mass is 10.0. The highest BCUT2D eigenvalue weighted by Gasteiger charge is 2.31. The van der Waals surface area contributed by atoms with Crippen LogP contribution in [0.4, 0.5) is 5.95 Å². The van der Waals surface area contributed by atoms with Gasteiger partial charge >= 0.3 is 0 Å². The zero-order valence-corrected chi connectivity index (χ0v) is 20.4. The van der Waals surface area contributed by atoms with Crippen LogP contribution in [0.1, 0.15) is 36.7 Å². The van der Waals surface area contributed by atoms with Gasteiger partial charge in [0.15, 0.2) is 11.6 Å². The van der Waals surface area contributed by atoms with Crippen LogP contribution < -0.4 is 4.90 Å². The molecule has 0 bridgehead atoms. The number of hydrogen-bond donors (Lipinski definition) is 0. The standard InChI is InChI=1S/C24H28ClN9/c1-31(2)16-17-10-12-18(13-11-17)23-27-28-24(32(23)3)33-14-5-4-9-21(33)22-26-30-34(29-22)20-8-6-7-19(25)15-20/h6-8,10-13,15,21H,4-5,9,14,16H2,1-3H3. The van der Waals surface area contributed by atoms with Crippen LogP contribution in [0.25, 0.3) is 17.1 Å². The van der Waals surface area contributed by atoms with Gasteiger partial charge in [-0.05, 0) is 62.3 Å². The van der Waals surface area contributed by atoms with Crippen molar-refractivity contribution < 1.29 is 0 Å². The van der Waals surface area contributed by atoms with E-state index < -0.39 is 0 Å². The van der Waals surface area contributed by atoms with Crippen LogP contribution in [-0.4, -0.2) is 60.5 Å². The van der Waals surface area contributed by atoms with Gasteiger partial charge in [0, 0.05) is 30.7 Å². The molecule has 176 valence electrons. The second-order valence-electron chi connectivity index (χ2n) is 8.94. The lowest BCUT2D eigenvalue weighted by Crippen LogP contribution is -2.36. The molecule has 0 radical (unpaired) electrons. The first kappa shape index (κ1) is 22.5. The highest BCUT2D eigenvalue weighted by atomic mass is 35.5. The van der Waals surface area contributed by atoms with Gasteiger partial charge in [-0.3, -0.25) is 4.57 Å². The minimum absolute atomic E-state index is 0.0140. The minimum atomic E-state index is -0.0140. The molecule has 5 rings (SSSR count). The average molecular weight is 478 g/mol. The van der Waals surface area contributed by atoms with E-state index in [0.717, 1.165) is 55.4 Å². The highest BCUT2D eigenvalue weighted by Crippen LogP contribution is 2.33. The molecule has 1 saturated heterocycles. The Morgan fingerprint density at radius 3 is 2.62 bits per heavy atom. The lowest BCUT2D eigenvalue weighted by Gasteiger charge is -2.34. The van der Waals surface area contributed by atoms with Crippen LogP contribution >= 0.6 is 11.6 Å². The number of piperidine rings is 1. The summed E-state index contributed by atoms with van der Waals surface area (Å²) in [6, 6.07) is 15.9. The molecular formula is C24H28ClN9. The van der Waals surface area contributed by atoms with Crippen LogP contribution in [0.15, 0.2) is 48.5 Å². The first-order valence-corrected chi connectivity index (χ1v) is 11.8. The summed E-state index contributed by atoms with van der Waals surface area (Å²) in [5.74, 6) is 2.33.